The van der Waals surface area contributed by atoms with Crippen LogP contribution >= 0.6 is 15.9 Å². The van der Waals surface area contributed by atoms with Crippen LogP contribution in [0.2, 0.25) is 0 Å². The Kier molecular flexibility index (Phi) is 2.93. The number of aryl methyl sites for hydroxylation is 1. The van der Waals surface area contributed by atoms with Crippen LogP contribution in [0.5, 0.6) is 0 Å². The molecule has 2 rings (SSSR count). The fourth-order valence-electron chi connectivity index (χ4n) is 1.95. The van der Waals surface area contributed by atoms with E-state index in [-0.39, 0.29) is 6.10 Å². The Labute approximate surface area is 92.2 Å². The van der Waals surface area contributed by atoms with Crippen molar-refractivity contribution in [2.45, 2.75) is 31.8 Å². The summed E-state index contributed by atoms with van der Waals surface area (Å²) in [4.78, 5) is 0. The highest BCUT2D eigenvalue weighted by molar-refractivity contribution is 9.10. The maximum atomic E-state index is 10.0. The molecular formula is C10H15BrN2O. The van der Waals surface area contributed by atoms with Gasteiger partial charge in [0.2, 0.25) is 0 Å². The fourth-order valence-corrected chi connectivity index (χ4v) is 2.56. The van der Waals surface area contributed by atoms with Crippen molar-refractivity contribution in [1.29, 1.82) is 0 Å². The minimum Gasteiger partial charge on any atom is -0.387 e. The van der Waals surface area contributed by atoms with E-state index in [1.165, 1.54) is 19.3 Å². The Hall–Kier alpha value is -0.350. The highest BCUT2D eigenvalue weighted by atomic mass is 79.9. The molecule has 78 valence electrons. The molecule has 1 aromatic heterocycles. The summed E-state index contributed by atoms with van der Waals surface area (Å²) >= 11 is 3.40. The molecule has 1 fully saturated rings. The van der Waals surface area contributed by atoms with Gasteiger partial charge in [-0.15, -0.1) is 0 Å². The first-order valence-electron chi connectivity index (χ1n) is 5.04. The lowest BCUT2D eigenvalue weighted by Gasteiger charge is -2.27. The smallest absolute Gasteiger partial charge is 0.0970 e. The molecule has 14 heavy (non-hydrogen) atoms. The normalized spacial score (nSPS) is 19.4. The minimum atomic E-state index is -0.373. The van der Waals surface area contributed by atoms with Crippen LogP contribution in [0.4, 0.5) is 0 Å². The molecule has 0 radical (unpaired) electrons. The van der Waals surface area contributed by atoms with Gasteiger partial charge in [-0.1, -0.05) is 19.3 Å². The molecule has 1 unspecified atom stereocenters. The third-order valence-electron chi connectivity index (χ3n) is 3.03. The first kappa shape index (κ1) is 10.2. The van der Waals surface area contributed by atoms with Gasteiger partial charge in [0.1, 0.15) is 0 Å². The molecule has 1 N–H and O–H groups in total. The second kappa shape index (κ2) is 4.03. The average molecular weight is 259 g/mol. The fraction of sp³-hybridized carbons (Fsp3) is 0.700. The van der Waals surface area contributed by atoms with Gasteiger partial charge >= 0.3 is 0 Å². The van der Waals surface area contributed by atoms with Crippen LogP contribution in [0.3, 0.4) is 0 Å². The summed E-state index contributed by atoms with van der Waals surface area (Å²) in [5.41, 5.74) is 0.900. The van der Waals surface area contributed by atoms with Crippen LogP contribution in [0, 0.1) is 5.92 Å². The molecule has 0 saturated heterocycles. The number of halogens is 1. The number of aromatic nitrogens is 2. The zero-order valence-electron chi connectivity index (χ0n) is 8.28. The lowest BCUT2D eigenvalue weighted by Crippen LogP contribution is -2.16. The minimum absolute atomic E-state index is 0.373. The Morgan fingerprint density at radius 3 is 2.86 bits per heavy atom. The van der Waals surface area contributed by atoms with Crippen molar-refractivity contribution < 1.29 is 5.11 Å². The summed E-state index contributed by atoms with van der Waals surface area (Å²) in [6, 6.07) is 0. The number of hydrogen-bond acceptors (Lipinski definition) is 2. The zero-order chi connectivity index (χ0) is 10.1. The lowest BCUT2D eigenvalue weighted by atomic mass is 9.81. The number of hydrogen-bond donors (Lipinski definition) is 1. The third kappa shape index (κ3) is 1.86. The molecule has 0 amide bonds. The van der Waals surface area contributed by atoms with E-state index >= 15 is 0 Å². The Bertz CT molecular complexity index is 300. The Morgan fingerprint density at radius 2 is 2.43 bits per heavy atom. The van der Waals surface area contributed by atoms with E-state index in [1.54, 1.807) is 10.9 Å². The Balaban J connectivity index is 2.05. The number of rotatable bonds is 3. The van der Waals surface area contributed by atoms with Crippen LogP contribution in [-0.4, -0.2) is 14.9 Å². The van der Waals surface area contributed by atoms with Crippen molar-refractivity contribution in [2.24, 2.45) is 13.0 Å². The second-order valence-electron chi connectivity index (χ2n) is 4.05. The quantitative estimate of drug-likeness (QED) is 0.905. The van der Waals surface area contributed by atoms with Crippen molar-refractivity contribution in [1.82, 2.24) is 9.78 Å². The molecule has 1 atom stereocenters. The molecule has 1 aromatic rings. The molecule has 1 heterocycles. The van der Waals surface area contributed by atoms with E-state index in [4.69, 9.17) is 0 Å². The van der Waals surface area contributed by atoms with Gasteiger partial charge in [0.25, 0.3) is 0 Å². The van der Waals surface area contributed by atoms with E-state index in [1.807, 2.05) is 7.05 Å². The highest BCUT2D eigenvalue weighted by Crippen LogP contribution is 2.36. The van der Waals surface area contributed by atoms with Crippen molar-refractivity contribution in [3.05, 3.63) is 16.4 Å². The summed E-state index contributed by atoms with van der Waals surface area (Å²) in [7, 11) is 1.87. The predicted octanol–water partition coefficient (Wildman–Crippen LogP) is 2.41. The Morgan fingerprint density at radius 1 is 1.71 bits per heavy atom. The molecule has 3 nitrogen and oxygen atoms in total. The van der Waals surface area contributed by atoms with E-state index in [2.05, 4.69) is 21.0 Å². The van der Waals surface area contributed by atoms with Crippen LogP contribution < -0.4 is 0 Å². The van der Waals surface area contributed by atoms with E-state index in [9.17, 15) is 5.11 Å². The summed E-state index contributed by atoms with van der Waals surface area (Å²) in [6.45, 7) is 0. The molecule has 0 aliphatic heterocycles. The summed E-state index contributed by atoms with van der Waals surface area (Å²) in [5.74, 6) is 0.715. The molecule has 0 aromatic carbocycles. The lowest BCUT2D eigenvalue weighted by molar-refractivity contribution is 0.111. The predicted molar refractivity (Wildman–Crippen MR) is 57.8 cm³/mol. The van der Waals surface area contributed by atoms with Gasteiger partial charge in [0, 0.05) is 7.05 Å². The maximum absolute atomic E-state index is 10.0. The first-order valence-corrected chi connectivity index (χ1v) is 5.83. The van der Waals surface area contributed by atoms with E-state index in [0.717, 1.165) is 16.6 Å². The standard InChI is InChI=1S/C10H15BrN2O/c1-13-10(8(11)6-12-13)9(14)5-7-3-2-4-7/h6-7,9,14H,2-5H2,1H3. The van der Waals surface area contributed by atoms with Crippen molar-refractivity contribution >= 4 is 15.9 Å². The SMILES string of the molecule is Cn1ncc(Br)c1C(O)CC1CCC1. The molecule has 1 aliphatic carbocycles. The summed E-state index contributed by atoms with van der Waals surface area (Å²) < 4.78 is 2.65. The number of aliphatic hydroxyl groups is 1. The third-order valence-corrected chi connectivity index (χ3v) is 3.65. The van der Waals surface area contributed by atoms with Gasteiger partial charge in [0.15, 0.2) is 0 Å². The van der Waals surface area contributed by atoms with Gasteiger partial charge < -0.3 is 5.11 Å². The van der Waals surface area contributed by atoms with Crippen molar-refractivity contribution in [3.63, 3.8) is 0 Å². The van der Waals surface area contributed by atoms with Crippen molar-refractivity contribution in [3.8, 4) is 0 Å². The maximum Gasteiger partial charge on any atom is 0.0970 e. The van der Waals surface area contributed by atoms with Gasteiger partial charge in [-0.05, 0) is 28.3 Å². The summed E-state index contributed by atoms with van der Waals surface area (Å²) in [5, 5.41) is 14.1. The van der Waals surface area contributed by atoms with Crippen LogP contribution in [0.15, 0.2) is 10.7 Å². The van der Waals surface area contributed by atoms with Crippen LogP contribution in [-0.2, 0) is 7.05 Å². The molecule has 0 bridgehead atoms. The number of aliphatic hydroxyl groups excluding tert-OH is 1. The molecule has 4 heteroatoms. The van der Waals surface area contributed by atoms with Crippen LogP contribution in [0.1, 0.15) is 37.5 Å². The monoisotopic (exact) mass is 258 g/mol. The molecule has 1 aliphatic rings. The molecular weight excluding hydrogens is 244 g/mol. The van der Waals surface area contributed by atoms with E-state index < -0.39 is 0 Å². The van der Waals surface area contributed by atoms with Gasteiger partial charge in [-0.3, -0.25) is 4.68 Å². The second-order valence-corrected chi connectivity index (χ2v) is 4.90. The number of nitrogens with zero attached hydrogens (tertiary/aromatic N) is 2. The zero-order valence-corrected chi connectivity index (χ0v) is 9.87. The van der Waals surface area contributed by atoms with Crippen LogP contribution in [0.25, 0.3) is 0 Å². The largest absolute Gasteiger partial charge is 0.387 e. The van der Waals surface area contributed by atoms with Gasteiger partial charge in [0.05, 0.1) is 22.5 Å². The van der Waals surface area contributed by atoms with Crippen molar-refractivity contribution in [2.75, 3.05) is 0 Å². The molecule has 0 spiro atoms. The van der Waals surface area contributed by atoms with E-state index in [0.29, 0.717) is 5.92 Å². The van der Waals surface area contributed by atoms with Gasteiger partial charge in [-0.25, -0.2) is 0 Å². The average Bonchev–Trinajstić information content (AvgIpc) is 2.39. The molecule has 1 saturated carbocycles. The summed E-state index contributed by atoms with van der Waals surface area (Å²) in [6.07, 6.45) is 6.10. The van der Waals surface area contributed by atoms with Gasteiger partial charge in [-0.2, -0.15) is 5.10 Å². The highest BCUT2D eigenvalue weighted by Gasteiger charge is 2.24. The first-order chi connectivity index (χ1) is 6.68. The topological polar surface area (TPSA) is 38.0 Å².